The predicted octanol–water partition coefficient (Wildman–Crippen LogP) is 2.75. The summed E-state index contributed by atoms with van der Waals surface area (Å²) in [6.45, 7) is 3.54. The Labute approximate surface area is 92.3 Å². The number of hydrogen-bond acceptors (Lipinski definition) is 2. The molecule has 0 saturated carbocycles. The van der Waals surface area contributed by atoms with E-state index in [0.29, 0.717) is 12.7 Å². The van der Waals surface area contributed by atoms with E-state index in [1.54, 1.807) is 0 Å². The molecule has 2 atom stereocenters. The third-order valence-electron chi connectivity index (χ3n) is 2.34. The van der Waals surface area contributed by atoms with E-state index in [-0.39, 0.29) is 6.10 Å². The van der Waals surface area contributed by atoms with E-state index in [1.165, 1.54) is 5.56 Å². The van der Waals surface area contributed by atoms with Crippen molar-refractivity contribution in [2.24, 2.45) is 0 Å². The number of rotatable bonds is 4. The van der Waals surface area contributed by atoms with Gasteiger partial charge in [-0.15, -0.1) is 0 Å². The van der Waals surface area contributed by atoms with Crippen molar-refractivity contribution in [3.8, 4) is 0 Å². The highest BCUT2D eigenvalue weighted by atomic mass is 79.9. The number of benzene rings is 1. The molecule has 0 unspecified atom stereocenters. The van der Waals surface area contributed by atoms with Crippen LogP contribution in [0.25, 0.3) is 0 Å². The van der Waals surface area contributed by atoms with E-state index in [0.717, 1.165) is 11.1 Å². The molecule has 14 heavy (non-hydrogen) atoms. The molecular weight excluding hydrogens is 244 g/mol. The standard InChI is InChI=1S/C11H13BrO2/c1-8(11-7-14-11)13-6-9-4-2-3-5-10(9)12/h2-5,8,11H,6-7H2,1H3/t8-,11+/m1/s1. The van der Waals surface area contributed by atoms with Gasteiger partial charge in [-0.05, 0) is 18.6 Å². The van der Waals surface area contributed by atoms with Gasteiger partial charge in [-0.1, -0.05) is 34.1 Å². The average molecular weight is 257 g/mol. The van der Waals surface area contributed by atoms with Gasteiger partial charge in [0, 0.05) is 4.47 Å². The van der Waals surface area contributed by atoms with Crippen molar-refractivity contribution in [2.45, 2.75) is 25.7 Å². The number of epoxide rings is 1. The molecule has 0 bridgehead atoms. The Balaban J connectivity index is 1.87. The summed E-state index contributed by atoms with van der Waals surface area (Å²) in [7, 11) is 0. The lowest BCUT2D eigenvalue weighted by Crippen LogP contribution is -2.15. The molecule has 1 fully saturated rings. The minimum absolute atomic E-state index is 0.196. The monoisotopic (exact) mass is 256 g/mol. The molecule has 1 aliphatic heterocycles. The molecule has 0 aromatic heterocycles. The van der Waals surface area contributed by atoms with Gasteiger partial charge in [0.15, 0.2) is 0 Å². The molecule has 1 aromatic rings. The van der Waals surface area contributed by atoms with E-state index in [1.807, 2.05) is 18.2 Å². The average Bonchev–Trinajstić information content (AvgIpc) is 2.99. The summed E-state index contributed by atoms with van der Waals surface area (Å²) in [5, 5.41) is 0. The van der Waals surface area contributed by atoms with E-state index < -0.39 is 0 Å². The molecule has 0 aliphatic carbocycles. The van der Waals surface area contributed by atoms with Crippen molar-refractivity contribution in [3.63, 3.8) is 0 Å². The molecule has 1 saturated heterocycles. The largest absolute Gasteiger partial charge is 0.371 e. The highest BCUT2D eigenvalue weighted by molar-refractivity contribution is 9.10. The summed E-state index contributed by atoms with van der Waals surface area (Å²) >= 11 is 3.49. The maximum atomic E-state index is 5.68. The summed E-state index contributed by atoms with van der Waals surface area (Å²) in [5.41, 5.74) is 1.18. The summed E-state index contributed by atoms with van der Waals surface area (Å²) in [5.74, 6) is 0. The first-order chi connectivity index (χ1) is 6.77. The maximum absolute atomic E-state index is 5.68. The summed E-state index contributed by atoms with van der Waals surface area (Å²) in [6.07, 6.45) is 0.514. The zero-order chi connectivity index (χ0) is 9.97. The Morgan fingerprint density at radius 1 is 1.57 bits per heavy atom. The lowest BCUT2D eigenvalue weighted by molar-refractivity contribution is 0.0337. The van der Waals surface area contributed by atoms with Crippen LogP contribution in [-0.4, -0.2) is 18.8 Å². The second-order valence-electron chi connectivity index (χ2n) is 3.48. The molecule has 0 amide bonds. The number of ether oxygens (including phenoxy) is 2. The molecule has 0 spiro atoms. The first kappa shape index (κ1) is 10.1. The maximum Gasteiger partial charge on any atom is 0.107 e. The van der Waals surface area contributed by atoms with Crippen molar-refractivity contribution < 1.29 is 9.47 Å². The van der Waals surface area contributed by atoms with Crippen molar-refractivity contribution in [1.82, 2.24) is 0 Å². The van der Waals surface area contributed by atoms with Crippen LogP contribution in [-0.2, 0) is 16.1 Å². The molecule has 2 nitrogen and oxygen atoms in total. The lowest BCUT2D eigenvalue weighted by Gasteiger charge is -2.11. The van der Waals surface area contributed by atoms with Crippen LogP contribution in [0.15, 0.2) is 28.7 Å². The Kier molecular flexibility index (Phi) is 3.21. The van der Waals surface area contributed by atoms with Gasteiger partial charge in [0.25, 0.3) is 0 Å². The fourth-order valence-corrected chi connectivity index (χ4v) is 1.67. The molecule has 1 aliphatic rings. The van der Waals surface area contributed by atoms with Crippen molar-refractivity contribution in [3.05, 3.63) is 34.3 Å². The topological polar surface area (TPSA) is 21.8 Å². The Bertz CT molecular complexity index is 310. The molecule has 3 heteroatoms. The predicted molar refractivity (Wildman–Crippen MR) is 58.1 cm³/mol. The molecule has 0 N–H and O–H groups in total. The highest BCUT2D eigenvalue weighted by Gasteiger charge is 2.30. The van der Waals surface area contributed by atoms with E-state index in [9.17, 15) is 0 Å². The van der Waals surface area contributed by atoms with Crippen molar-refractivity contribution in [1.29, 1.82) is 0 Å². The van der Waals surface area contributed by atoms with E-state index >= 15 is 0 Å². The second kappa shape index (κ2) is 4.43. The fourth-order valence-electron chi connectivity index (χ4n) is 1.27. The third-order valence-corrected chi connectivity index (χ3v) is 3.12. The van der Waals surface area contributed by atoms with Gasteiger partial charge >= 0.3 is 0 Å². The van der Waals surface area contributed by atoms with Crippen LogP contribution in [0.3, 0.4) is 0 Å². The summed E-state index contributed by atoms with van der Waals surface area (Å²) < 4.78 is 11.9. The van der Waals surface area contributed by atoms with Gasteiger partial charge in [-0.25, -0.2) is 0 Å². The number of hydrogen-bond donors (Lipinski definition) is 0. The molecule has 0 radical (unpaired) electrons. The van der Waals surface area contributed by atoms with Gasteiger partial charge in [-0.3, -0.25) is 0 Å². The third kappa shape index (κ3) is 2.56. The van der Waals surface area contributed by atoms with Gasteiger partial charge in [0.2, 0.25) is 0 Å². The van der Waals surface area contributed by atoms with E-state index in [2.05, 4.69) is 28.9 Å². The fraction of sp³-hybridized carbons (Fsp3) is 0.455. The van der Waals surface area contributed by atoms with E-state index in [4.69, 9.17) is 9.47 Å². The minimum Gasteiger partial charge on any atom is -0.371 e. The Morgan fingerprint density at radius 3 is 2.93 bits per heavy atom. The van der Waals surface area contributed by atoms with Crippen LogP contribution in [0, 0.1) is 0 Å². The summed E-state index contributed by atoms with van der Waals surface area (Å²) in [6, 6.07) is 8.10. The quantitative estimate of drug-likeness (QED) is 0.773. The van der Waals surface area contributed by atoms with Crippen molar-refractivity contribution >= 4 is 15.9 Å². The van der Waals surface area contributed by atoms with Crippen LogP contribution in [0.4, 0.5) is 0 Å². The smallest absolute Gasteiger partial charge is 0.107 e. The zero-order valence-electron chi connectivity index (χ0n) is 8.07. The van der Waals surface area contributed by atoms with Gasteiger partial charge in [-0.2, -0.15) is 0 Å². The van der Waals surface area contributed by atoms with Gasteiger partial charge in [0.05, 0.1) is 19.3 Å². The molecule has 2 rings (SSSR count). The first-order valence-electron chi connectivity index (χ1n) is 4.74. The normalized spacial score (nSPS) is 22.0. The zero-order valence-corrected chi connectivity index (χ0v) is 9.66. The Hall–Kier alpha value is -0.380. The first-order valence-corrected chi connectivity index (χ1v) is 5.53. The van der Waals surface area contributed by atoms with Crippen molar-refractivity contribution in [2.75, 3.05) is 6.61 Å². The van der Waals surface area contributed by atoms with Crippen LogP contribution < -0.4 is 0 Å². The van der Waals surface area contributed by atoms with Crippen LogP contribution in [0.1, 0.15) is 12.5 Å². The van der Waals surface area contributed by atoms with Crippen LogP contribution in [0.2, 0.25) is 0 Å². The minimum atomic E-state index is 0.196. The summed E-state index contributed by atoms with van der Waals surface area (Å²) in [4.78, 5) is 0. The molecule has 1 aromatic carbocycles. The lowest BCUT2D eigenvalue weighted by atomic mass is 10.2. The Morgan fingerprint density at radius 2 is 2.29 bits per heavy atom. The van der Waals surface area contributed by atoms with Gasteiger partial charge < -0.3 is 9.47 Å². The molecular formula is C11H13BrO2. The van der Waals surface area contributed by atoms with Crippen LogP contribution >= 0.6 is 15.9 Å². The number of halogens is 1. The molecule has 1 heterocycles. The SMILES string of the molecule is C[C@@H](OCc1ccccc1Br)[C@@H]1CO1. The molecule has 76 valence electrons. The second-order valence-corrected chi connectivity index (χ2v) is 4.33. The van der Waals surface area contributed by atoms with Crippen LogP contribution in [0.5, 0.6) is 0 Å². The van der Waals surface area contributed by atoms with Gasteiger partial charge in [0.1, 0.15) is 6.10 Å². The highest BCUT2D eigenvalue weighted by Crippen LogP contribution is 2.21.